The van der Waals surface area contributed by atoms with Crippen LogP contribution in [0.25, 0.3) is 11.5 Å². The number of aromatic nitrogens is 1. The number of carbonyl (C=O) groups is 1. The predicted octanol–water partition coefficient (Wildman–Crippen LogP) is 3.36. The molecule has 100 valence electrons. The Morgan fingerprint density at radius 3 is 2.74 bits per heavy atom. The van der Waals surface area contributed by atoms with Crippen LogP contribution in [0.2, 0.25) is 0 Å². The molecule has 1 aromatic carbocycles. The lowest BCUT2D eigenvalue weighted by Gasteiger charge is -2.02. The zero-order valence-electron chi connectivity index (χ0n) is 10.8. The molecule has 1 N–H and O–H groups in total. The summed E-state index contributed by atoms with van der Waals surface area (Å²) >= 11 is 1.33. The standard InChI is InChI=1S/C14H15NO3S/c1-9-3-5-11(6-4-9)13-15-12(7-18-13)8-19-10(2)14(16)17/h3-7,10H,8H2,1-2H3,(H,16,17). The van der Waals surface area contributed by atoms with Gasteiger partial charge >= 0.3 is 5.97 Å². The van der Waals surface area contributed by atoms with Crippen LogP contribution in [0.1, 0.15) is 18.2 Å². The molecule has 1 aromatic heterocycles. The van der Waals surface area contributed by atoms with Crippen molar-refractivity contribution < 1.29 is 14.3 Å². The van der Waals surface area contributed by atoms with Crippen LogP contribution in [0.4, 0.5) is 0 Å². The smallest absolute Gasteiger partial charge is 0.316 e. The summed E-state index contributed by atoms with van der Waals surface area (Å²) in [6, 6.07) is 7.91. The number of rotatable bonds is 5. The Hall–Kier alpha value is -1.75. The van der Waals surface area contributed by atoms with Gasteiger partial charge in [0.15, 0.2) is 0 Å². The van der Waals surface area contributed by atoms with Gasteiger partial charge in [-0.25, -0.2) is 4.98 Å². The maximum absolute atomic E-state index is 10.7. The number of hydrogen-bond acceptors (Lipinski definition) is 4. The van der Waals surface area contributed by atoms with Crippen molar-refractivity contribution in [3.8, 4) is 11.5 Å². The molecule has 4 nitrogen and oxygen atoms in total. The molecule has 0 aliphatic rings. The van der Waals surface area contributed by atoms with Gasteiger partial charge in [0.1, 0.15) is 6.26 Å². The maximum atomic E-state index is 10.7. The van der Waals surface area contributed by atoms with Crippen molar-refractivity contribution in [2.45, 2.75) is 24.9 Å². The summed E-state index contributed by atoms with van der Waals surface area (Å²) in [5, 5.41) is 8.36. The first-order valence-corrected chi connectivity index (χ1v) is 6.97. The van der Waals surface area contributed by atoms with Crippen LogP contribution >= 0.6 is 11.8 Å². The van der Waals surface area contributed by atoms with E-state index in [1.54, 1.807) is 13.2 Å². The lowest BCUT2D eigenvalue weighted by Crippen LogP contribution is -2.11. The molecule has 0 radical (unpaired) electrons. The van der Waals surface area contributed by atoms with Gasteiger partial charge in [0.05, 0.1) is 10.9 Å². The van der Waals surface area contributed by atoms with Gasteiger partial charge in [-0.2, -0.15) is 0 Å². The lowest BCUT2D eigenvalue weighted by molar-refractivity contribution is -0.136. The lowest BCUT2D eigenvalue weighted by atomic mass is 10.1. The van der Waals surface area contributed by atoms with E-state index >= 15 is 0 Å². The largest absolute Gasteiger partial charge is 0.480 e. The third-order valence-electron chi connectivity index (χ3n) is 2.68. The van der Waals surface area contributed by atoms with Crippen molar-refractivity contribution >= 4 is 17.7 Å². The molecular weight excluding hydrogens is 262 g/mol. The fraction of sp³-hybridized carbons (Fsp3) is 0.286. The molecule has 2 aromatic rings. The number of thioether (sulfide) groups is 1. The molecule has 0 saturated heterocycles. The number of carboxylic acids is 1. The highest BCUT2D eigenvalue weighted by Crippen LogP contribution is 2.22. The molecule has 1 atom stereocenters. The second-order valence-electron chi connectivity index (χ2n) is 4.30. The predicted molar refractivity (Wildman–Crippen MR) is 75.1 cm³/mol. The molecule has 0 aliphatic carbocycles. The number of aryl methyl sites for hydroxylation is 1. The number of benzene rings is 1. The Morgan fingerprint density at radius 1 is 1.42 bits per heavy atom. The van der Waals surface area contributed by atoms with Gasteiger partial charge in [-0.15, -0.1) is 11.8 Å². The minimum atomic E-state index is -0.813. The highest BCUT2D eigenvalue weighted by molar-refractivity contribution is 7.99. The van der Waals surface area contributed by atoms with Gasteiger partial charge in [-0.1, -0.05) is 17.7 Å². The Bertz CT molecular complexity index is 562. The fourth-order valence-electron chi connectivity index (χ4n) is 1.48. The van der Waals surface area contributed by atoms with Gasteiger partial charge in [-0.3, -0.25) is 4.79 Å². The topological polar surface area (TPSA) is 63.3 Å². The fourth-order valence-corrected chi connectivity index (χ4v) is 2.18. The molecule has 0 bridgehead atoms. The first-order chi connectivity index (χ1) is 9.06. The Labute approximate surface area is 115 Å². The van der Waals surface area contributed by atoms with E-state index < -0.39 is 11.2 Å². The van der Waals surface area contributed by atoms with Crippen LogP contribution in [0.5, 0.6) is 0 Å². The van der Waals surface area contributed by atoms with Gasteiger partial charge in [-0.05, 0) is 26.0 Å². The van der Waals surface area contributed by atoms with Gasteiger partial charge in [0, 0.05) is 11.3 Å². The summed E-state index contributed by atoms with van der Waals surface area (Å²) in [6.45, 7) is 3.68. The molecule has 5 heteroatoms. The van der Waals surface area contributed by atoms with Crippen molar-refractivity contribution in [1.82, 2.24) is 4.98 Å². The quantitative estimate of drug-likeness (QED) is 0.908. The first-order valence-electron chi connectivity index (χ1n) is 5.92. The van der Waals surface area contributed by atoms with Gasteiger partial charge in [0.2, 0.25) is 5.89 Å². The maximum Gasteiger partial charge on any atom is 0.316 e. The monoisotopic (exact) mass is 277 g/mol. The first kappa shape index (κ1) is 13.7. The average Bonchev–Trinajstić information content (AvgIpc) is 2.85. The van der Waals surface area contributed by atoms with E-state index in [0.29, 0.717) is 11.6 Å². The number of carboxylic acid groups (broad SMARTS) is 1. The second-order valence-corrected chi connectivity index (χ2v) is 5.63. The third kappa shape index (κ3) is 3.61. The molecular formula is C14H15NO3S. The Morgan fingerprint density at radius 2 is 2.11 bits per heavy atom. The minimum Gasteiger partial charge on any atom is -0.480 e. The summed E-state index contributed by atoms with van der Waals surface area (Å²) in [4.78, 5) is 15.1. The van der Waals surface area contributed by atoms with E-state index in [0.717, 1.165) is 11.3 Å². The van der Waals surface area contributed by atoms with Crippen LogP contribution in [0.15, 0.2) is 34.9 Å². The molecule has 0 saturated carbocycles. The van der Waals surface area contributed by atoms with Crippen LogP contribution < -0.4 is 0 Å². The van der Waals surface area contributed by atoms with E-state index in [1.807, 2.05) is 31.2 Å². The van der Waals surface area contributed by atoms with E-state index in [9.17, 15) is 4.79 Å². The summed E-state index contributed by atoms with van der Waals surface area (Å²) in [6.07, 6.45) is 1.58. The molecule has 1 unspecified atom stereocenters. The van der Waals surface area contributed by atoms with Crippen molar-refractivity contribution in [1.29, 1.82) is 0 Å². The summed E-state index contributed by atoms with van der Waals surface area (Å²) < 4.78 is 5.41. The number of oxazole rings is 1. The number of hydrogen-bond donors (Lipinski definition) is 1. The summed E-state index contributed by atoms with van der Waals surface area (Å²) in [5.41, 5.74) is 2.86. The number of aliphatic carboxylic acids is 1. The highest BCUT2D eigenvalue weighted by Gasteiger charge is 2.13. The normalized spacial score (nSPS) is 12.3. The molecule has 0 aliphatic heterocycles. The average molecular weight is 277 g/mol. The third-order valence-corrected chi connectivity index (χ3v) is 3.84. The van der Waals surface area contributed by atoms with Crippen molar-refractivity contribution in [2.24, 2.45) is 0 Å². The number of nitrogens with zero attached hydrogens (tertiary/aromatic N) is 1. The van der Waals surface area contributed by atoms with Crippen molar-refractivity contribution in [3.05, 3.63) is 41.8 Å². The summed E-state index contributed by atoms with van der Waals surface area (Å²) in [7, 11) is 0. The van der Waals surface area contributed by atoms with E-state index in [1.165, 1.54) is 17.3 Å². The highest BCUT2D eigenvalue weighted by atomic mass is 32.2. The molecule has 1 heterocycles. The van der Waals surface area contributed by atoms with E-state index in [-0.39, 0.29) is 0 Å². The molecule has 0 amide bonds. The van der Waals surface area contributed by atoms with Crippen LogP contribution in [-0.4, -0.2) is 21.3 Å². The second kappa shape index (κ2) is 5.93. The SMILES string of the molecule is Cc1ccc(-c2nc(CSC(C)C(=O)O)co2)cc1. The van der Waals surface area contributed by atoms with Crippen LogP contribution in [0.3, 0.4) is 0 Å². The van der Waals surface area contributed by atoms with Gasteiger partial charge < -0.3 is 9.52 Å². The zero-order valence-corrected chi connectivity index (χ0v) is 11.6. The van der Waals surface area contributed by atoms with Crippen molar-refractivity contribution in [3.63, 3.8) is 0 Å². The Kier molecular flexibility index (Phi) is 4.27. The Balaban J connectivity index is 2.03. The molecule has 19 heavy (non-hydrogen) atoms. The zero-order chi connectivity index (χ0) is 13.8. The molecule has 2 rings (SSSR count). The van der Waals surface area contributed by atoms with E-state index in [2.05, 4.69) is 4.98 Å². The molecule has 0 spiro atoms. The molecule has 0 fully saturated rings. The van der Waals surface area contributed by atoms with Crippen molar-refractivity contribution in [2.75, 3.05) is 0 Å². The van der Waals surface area contributed by atoms with E-state index in [4.69, 9.17) is 9.52 Å². The van der Waals surface area contributed by atoms with Gasteiger partial charge in [0.25, 0.3) is 0 Å². The van der Waals surface area contributed by atoms with Crippen LogP contribution in [0, 0.1) is 6.92 Å². The minimum absolute atomic E-state index is 0.445. The van der Waals surface area contributed by atoms with Crippen LogP contribution in [-0.2, 0) is 10.5 Å². The summed E-state index contributed by atoms with van der Waals surface area (Å²) in [5.74, 6) is 0.286.